The van der Waals surface area contributed by atoms with E-state index < -0.39 is 0 Å². The van der Waals surface area contributed by atoms with Crippen LogP contribution in [0.3, 0.4) is 0 Å². The van der Waals surface area contributed by atoms with Crippen LogP contribution in [0.25, 0.3) is 5.57 Å². The lowest BCUT2D eigenvalue weighted by Gasteiger charge is -2.37. The lowest BCUT2D eigenvalue weighted by Crippen LogP contribution is -2.47. The van der Waals surface area contributed by atoms with E-state index in [1.807, 2.05) is 61.5 Å². The lowest BCUT2D eigenvalue weighted by atomic mass is 10.0. The van der Waals surface area contributed by atoms with Crippen molar-refractivity contribution < 1.29 is 14.3 Å². The van der Waals surface area contributed by atoms with E-state index in [-0.39, 0.29) is 6.10 Å². The number of rotatable bonds is 7. The molecule has 1 aliphatic carbocycles. The van der Waals surface area contributed by atoms with E-state index in [2.05, 4.69) is 53.1 Å². The summed E-state index contributed by atoms with van der Waals surface area (Å²) in [6.45, 7) is 11.1. The summed E-state index contributed by atoms with van der Waals surface area (Å²) in [5.41, 5.74) is 6.78. The minimum atomic E-state index is -0.0877. The van der Waals surface area contributed by atoms with Gasteiger partial charge in [-0.15, -0.1) is 0 Å². The first kappa shape index (κ1) is 27.7. The third-order valence-electron chi connectivity index (χ3n) is 7.53. The van der Waals surface area contributed by atoms with Crippen LogP contribution < -0.4 is 9.64 Å². The molecule has 1 saturated heterocycles. The fourth-order valence-electron chi connectivity index (χ4n) is 5.45. The molecule has 2 aromatic carbocycles. The summed E-state index contributed by atoms with van der Waals surface area (Å²) >= 11 is 0. The molecule has 1 aromatic heterocycles. The molecule has 0 radical (unpaired) electrons. The van der Waals surface area contributed by atoms with Gasteiger partial charge in [0.2, 0.25) is 0 Å². The van der Waals surface area contributed by atoms with E-state index >= 15 is 0 Å². The molecule has 40 heavy (non-hydrogen) atoms. The van der Waals surface area contributed by atoms with Crippen molar-refractivity contribution in [2.45, 2.75) is 33.3 Å². The quantitative estimate of drug-likeness (QED) is 0.360. The molecular weight excluding hydrogens is 500 g/mol. The maximum atomic E-state index is 6.40. The topological polar surface area (TPSA) is 50.3 Å². The molecule has 0 spiro atoms. The lowest BCUT2D eigenvalue weighted by molar-refractivity contribution is -0.187. The van der Waals surface area contributed by atoms with Crippen molar-refractivity contribution in [3.8, 4) is 5.75 Å². The van der Waals surface area contributed by atoms with Crippen LogP contribution in [0.15, 0.2) is 90.5 Å². The first-order valence-corrected chi connectivity index (χ1v) is 14.3. The number of fused-ring (bicyclic) bond motifs is 1. The third kappa shape index (κ3) is 6.01. The zero-order valence-corrected chi connectivity index (χ0v) is 24.0. The number of anilines is 1. The van der Waals surface area contributed by atoms with Crippen molar-refractivity contribution >= 4 is 11.3 Å². The third-order valence-corrected chi connectivity index (χ3v) is 7.53. The number of allylic oxidation sites excluding steroid dienone is 2. The Morgan fingerprint density at radius 3 is 2.45 bits per heavy atom. The van der Waals surface area contributed by atoms with Crippen LogP contribution in [0.1, 0.15) is 43.7 Å². The molecule has 7 heteroatoms. The van der Waals surface area contributed by atoms with Crippen molar-refractivity contribution in [2.75, 3.05) is 51.5 Å². The van der Waals surface area contributed by atoms with Gasteiger partial charge in [-0.1, -0.05) is 62.4 Å². The molecule has 0 saturated carbocycles. The van der Waals surface area contributed by atoms with Gasteiger partial charge in [0, 0.05) is 44.5 Å². The van der Waals surface area contributed by atoms with Crippen molar-refractivity contribution in [1.29, 1.82) is 0 Å². The van der Waals surface area contributed by atoms with Crippen LogP contribution in [0, 0.1) is 0 Å². The first-order valence-electron chi connectivity index (χ1n) is 14.3. The molecule has 2 aliphatic heterocycles. The number of hydrogen-bond donors (Lipinski definition) is 0. The molecule has 3 aliphatic rings. The summed E-state index contributed by atoms with van der Waals surface area (Å²) in [4.78, 5) is 16.1. The summed E-state index contributed by atoms with van der Waals surface area (Å²) in [6.07, 6.45) is 4.69. The number of methoxy groups -OCH3 is 1. The highest BCUT2D eigenvalue weighted by Gasteiger charge is 2.31. The number of ether oxygens (including phenoxy) is 2. The van der Waals surface area contributed by atoms with E-state index in [9.17, 15) is 0 Å². The molecule has 3 aromatic rings. The zero-order chi connectivity index (χ0) is 27.9. The molecule has 1 unspecified atom stereocenters. The zero-order valence-electron chi connectivity index (χ0n) is 24.0. The molecule has 0 bridgehead atoms. The smallest absolute Gasteiger partial charge is 0.184 e. The number of piperazine rings is 1. The predicted molar refractivity (Wildman–Crippen MR) is 160 cm³/mol. The number of nitrogens with zero attached hydrogens (tertiary/aromatic N) is 4. The standard InChI is InChI=1S/C31H34N4O3.C2H6/c1-23(24-9-4-3-5-10-24)38-35-22-37-31-20-27-26(11-8-14-32-27)25(19-29(31)35)21-33-15-17-34(18-16-33)28-12-6-7-13-30(28)36-2;1-2/h3-14,19,23H,15-18,20-22H2,1-2H3;1-2H3. The molecule has 1 atom stereocenters. The number of pyridine rings is 1. The van der Waals surface area contributed by atoms with E-state index in [4.69, 9.17) is 19.3 Å². The SMILES string of the molecule is CC.COc1ccccc1N1CCN(CC2=CC3=C(Cc4ncccc42)OCN3OC(C)c2ccccc2)CC1. The number of hydroxylamine groups is 2. The number of hydrogen-bond acceptors (Lipinski definition) is 7. The highest BCUT2D eigenvalue weighted by molar-refractivity contribution is 5.73. The summed E-state index contributed by atoms with van der Waals surface area (Å²) in [6, 6.07) is 22.8. The van der Waals surface area contributed by atoms with Crippen LogP contribution >= 0.6 is 0 Å². The number of para-hydroxylation sites is 2. The minimum absolute atomic E-state index is 0.0877. The van der Waals surface area contributed by atoms with E-state index in [1.54, 1.807) is 7.11 Å². The van der Waals surface area contributed by atoms with Crippen molar-refractivity contribution in [3.05, 3.63) is 107 Å². The molecule has 3 heterocycles. The second-order valence-electron chi connectivity index (χ2n) is 9.90. The van der Waals surface area contributed by atoms with Gasteiger partial charge in [-0.25, -0.2) is 5.06 Å². The Hall–Kier alpha value is -3.81. The summed E-state index contributed by atoms with van der Waals surface area (Å²) in [5, 5.41) is 1.90. The number of aromatic nitrogens is 1. The largest absolute Gasteiger partial charge is 0.495 e. The Balaban J connectivity index is 0.00000158. The van der Waals surface area contributed by atoms with Crippen molar-refractivity contribution in [1.82, 2.24) is 14.9 Å². The van der Waals surface area contributed by atoms with Gasteiger partial charge in [0.25, 0.3) is 0 Å². The average Bonchev–Trinajstić information content (AvgIpc) is 3.30. The fourth-order valence-corrected chi connectivity index (χ4v) is 5.45. The van der Waals surface area contributed by atoms with Crippen LogP contribution in [-0.2, 0) is 16.0 Å². The molecule has 7 nitrogen and oxygen atoms in total. The van der Waals surface area contributed by atoms with E-state index in [0.29, 0.717) is 13.2 Å². The summed E-state index contributed by atoms with van der Waals surface area (Å²) < 4.78 is 11.7. The predicted octanol–water partition coefficient (Wildman–Crippen LogP) is 6.07. The molecule has 0 amide bonds. The molecule has 1 fully saturated rings. The second-order valence-corrected chi connectivity index (χ2v) is 9.90. The van der Waals surface area contributed by atoms with Gasteiger partial charge in [-0.05, 0) is 42.3 Å². The van der Waals surface area contributed by atoms with Gasteiger partial charge >= 0.3 is 0 Å². The summed E-state index contributed by atoms with van der Waals surface area (Å²) in [7, 11) is 1.74. The Kier molecular flexibility index (Phi) is 9.04. The highest BCUT2D eigenvalue weighted by atomic mass is 16.7. The van der Waals surface area contributed by atoms with Crippen LogP contribution in [0.4, 0.5) is 5.69 Å². The monoisotopic (exact) mass is 540 g/mol. The normalized spacial score (nSPS) is 17.6. The second kappa shape index (κ2) is 13.0. The Bertz CT molecular complexity index is 1330. The maximum absolute atomic E-state index is 6.40. The van der Waals surface area contributed by atoms with Gasteiger partial charge in [0.05, 0.1) is 24.9 Å². The van der Waals surface area contributed by atoms with E-state index in [0.717, 1.165) is 66.9 Å². The molecule has 0 N–H and O–H groups in total. The van der Waals surface area contributed by atoms with Crippen LogP contribution in [-0.4, -0.2) is 61.5 Å². The molecule has 6 rings (SSSR count). The van der Waals surface area contributed by atoms with Gasteiger partial charge in [0.15, 0.2) is 6.73 Å². The molecule has 210 valence electrons. The van der Waals surface area contributed by atoms with Crippen LogP contribution in [0.2, 0.25) is 0 Å². The van der Waals surface area contributed by atoms with Crippen molar-refractivity contribution in [3.63, 3.8) is 0 Å². The van der Waals surface area contributed by atoms with Gasteiger partial charge in [0.1, 0.15) is 23.3 Å². The van der Waals surface area contributed by atoms with Gasteiger partial charge in [-0.2, -0.15) is 0 Å². The fraction of sp³-hybridized carbons (Fsp3) is 0.364. The van der Waals surface area contributed by atoms with Crippen LogP contribution in [0.5, 0.6) is 5.75 Å². The Morgan fingerprint density at radius 1 is 0.925 bits per heavy atom. The minimum Gasteiger partial charge on any atom is -0.495 e. The van der Waals surface area contributed by atoms with Gasteiger partial charge < -0.3 is 14.4 Å². The highest BCUT2D eigenvalue weighted by Crippen LogP contribution is 2.35. The Labute approximate surface area is 238 Å². The summed E-state index contributed by atoms with van der Waals surface area (Å²) in [5.74, 6) is 1.85. The molecular formula is C33H40N4O3. The van der Waals surface area contributed by atoms with Gasteiger partial charge in [-0.3, -0.25) is 14.7 Å². The van der Waals surface area contributed by atoms with Crippen molar-refractivity contribution in [2.24, 2.45) is 0 Å². The number of benzene rings is 2. The first-order chi connectivity index (χ1) is 19.7. The Morgan fingerprint density at radius 2 is 1.68 bits per heavy atom. The maximum Gasteiger partial charge on any atom is 0.184 e. The average molecular weight is 541 g/mol. The van der Waals surface area contributed by atoms with E-state index in [1.165, 1.54) is 11.1 Å².